The number of hydrogen-bond acceptors (Lipinski definition) is 4. The summed E-state index contributed by atoms with van der Waals surface area (Å²) in [6.45, 7) is 0.178. The number of benzene rings is 1. The van der Waals surface area contributed by atoms with E-state index in [0.717, 1.165) is 0 Å². The van der Waals surface area contributed by atoms with Gasteiger partial charge in [0, 0.05) is 18.5 Å². The van der Waals surface area contributed by atoms with Crippen LogP contribution in [0.25, 0.3) is 0 Å². The van der Waals surface area contributed by atoms with Gasteiger partial charge in [-0.1, -0.05) is 0 Å². The van der Waals surface area contributed by atoms with Gasteiger partial charge in [0.1, 0.15) is 0 Å². The van der Waals surface area contributed by atoms with E-state index >= 15 is 0 Å². The molecule has 0 atom stereocenters. The SMILES string of the molecule is COc1cc(C(=O)NCCC(N)=O)ccc1O. The summed E-state index contributed by atoms with van der Waals surface area (Å²) in [5, 5.41) is 11.9. The smallest absolute Gasteiger partial charge is 0.251 e. The third-order valence-electron chi connectivity index (χ3n) is 2.10. The number of carbonyl (C=O) groups excluding carboxylic acids is 2. The lowest BCUT2D eigenvalue weighted by Crippen LogP contribution is -2.27. The zero-order valence-corrected chi connectivity index (χ0v) is 9.40. The Morgan fingerprint density at radius 1 is 1.47 bits per heavy atom. The van der Waals surface area contributed by atoms with Crippen molar-refractivity contribution < 1.29 is 19.4 Å². The van der Waals surface area contributed by atoms with E-state index in [0.29, 0.717) is 5.56 Å². The van der Waals surface area contributed by atoms with Crippen molar-refractivity contribution in [2.45, 2.75) is 6.42 Å². The number of methoxy groups -OCH3 is 1. The number of nitrogens with one attached hydrogen (secondary N) is 1. The molecule has 0 spiro atoms. The molecule has 0 aliphatic carbocycles. The van der Waals surface area contributed by atoms with Crippen molar-refractivity contribution in [3.8, 4) is 11.5 Å². The standard InChI is InChI=1S/C11H14N2O4/c1-17-9-6-7(2-3-8(9)14)11(16)13-5-4-10(12)15/h2-3,6,14H,4-5H2,1H3,(H2,12,15)(H,13,16). The van der Waals surface area contributed by atoms with Gasteiger partial charge in [0.25, 0.3) is 5.91 Å². The van der Waals surface area contributed by atoms with Crippen molar-refractivity contribution in [1.82, 2.24) is 5.32 Å². The predicted molar refractivity (Wildman–Crippen MR) is 60.8 cm³/mol. The van der Waals surface area contributed by atoms with Crippen molar-refractivity contribution in [3.63, 3.8) is 0 Å². The maximum absolute atomic E-state index is 11.6. The second-order valence-electron chi connectivity index (χ2n) is 3.36. The third kappa shape index (κ3) is 3.67. The Kier molecular flexibility index (Phi) is 4.33. The zero-order chi connectivity index (χ0) is 12.8. The molecule has 1 aromatic rings. The Morgan fingerprint density at radius 3 is 2.76 bits per heavy atom. The normalized spacial score (nSPS) is 9.71. The summed E-state index contributed by atoms with van der Waals surface area (Å²) in [6, 6.07) is 4.23. The van der Waals surface area contributed by atoms with Gasteiger partial charge in [-0.3, -0.25) is 9.59 Å². The number of amides is 2. The zero-order valence-electron chi connectivity index (χ0n) is 9.40. The van der Waals surface area contributed by atoms with Crippen LogP contribution in [-0.2, 0) is 4.79 Å². The molecule has 6 heteroatoms. The van der Waals surface area contributed by atoms with E-state index in [4.69, 9.17) is 10.5 Å². The number of phenolic OH excluding ortho intramolecular Hbond substituents is 1. The third-order valence-corrected chi connectivity index (χ3v) is 2.10. The van der Waals surface area contributed by atoms with Crippen LogP contribution in [0.15, 0.2) is 18.2 Å². The van der Waals surface area contributed by atoms with E-state index in [1.165, 1.54) is 25.3 Å². The number of hydrogen-bond donors (Lipinski definition) is 3. The van der Waals surface area contributed by atoms with Crippen LogP contribution < -0.4 is 15.8 Å². The molecule has 6 nitrogen and oxygen atoms in total. The minimum absolute atomic E-state index is 0.0406. The molecule has 0 fully saturated rings. The number of ether oxygens (including phenoxy) is 1. The van der Waals surface area contributed by atoms with Crippen LogP contribution in [-0.4, -0.2) is 30.6 Å². The van der Waals surface area contributed by atoms with Gasteiger partial charge in [-0.05, 0) is 18.2 Å². The fourth-order valence-electron chi connectivity index (χ4n) is 1.22. The molecular formula is C11H14N2O4. The van der Waals surface area contributed by atoms with Gasteiger partial charge in [0.2, 0.25) is 5.91 Å². The molecule has 0 saturated carbocycles. The van der Waals surface area contributed by atoms with Crippen LogP contribution in [0, 0.1) is 0 Å². The molecule has 0 aliphatic heterocycles. The van der Waals surface area contributed by atoms with Crippen molar-refractivity contribution in [2.24, 2.45) is 5.73 Å². The van der Waals surface area contributed by atoms with E-state index in [1.54, 1.807) is 0 Å². The van der Waals surface area contributed by atoms with Crippen LogP contribution in [0.3, 0.4) is 0 Å². The molecule has 4 N–H and O–H groups in total. The Hall–Kier alpha value is -2.24. The Bertz CT molecular complexity index is 431. The monoisotopic (exact) mass is 238 g/mol. The summed E-state index contributed by atoms with van der Waals surface area (Å²) < 4.78 is 4.87. The molecule has 0 aliphatic rings. The number of aromatic hydroxyl groups is 1. The quantitative estimate of drug-likeness (QED) is 0.672. The van der Waals surface area contributed by atoms with Crippen LogP contribution in [0.1, 0.15) is 16.8 Å². The van der Waals surface area contributed by atoms with Gasteiger partial charge < -0.3 is 20.9 Å². The van der Waals surface area contributed by atoms with Crippen molar-refractivity contribution in [3.05, 3.63) is 23.8 Å². The first kappa shape index (κ1) is 12.8. The minimum atomic E-state index is -0.478. The largest absolute Gasteiger partial charge is 0.504 e. The molecule has 0 heterocycles. The molecule has 1 aromatic carbocycles. The van der Waals surface area contributed by atoms with Crippen molar-refractivity contribution >= 4 is 11.8 Å². The van der Waals surface area contributed by atoms with E-state index in [9.17, 15) is 14.7 Å². The van der Waals surface area contributed by atoms with Crippen molar-refractivity contribution in [2.75, 3.05) is 13.7 Å². The maximum atomic E-state index is 11.6. The molecule has 0 unspecified atom stereocenters. The molecule has 0 radical (unpaired) electrons. The van der Waals surface area contributed by atoms with Gasteiger partial charge in [-0.15, -0.1) is 0 Å². The summed E-state index contributed by atoms with van der Waals surface area (Å²) in [4.78, 5) is 22.1. The number of nitrogens with two attached hydrogens (primary N) is 1. The Balaban J connectivity index is 2.66. The number of carbonyl (C=O) groups is 2. The van der Waals surface area contributed by atoms with Gasteiger partial charge in [-0.2, -0.15) is 0 Å². The topological polar surface area (TPSA) is 102 Å². The minimum Gasteiger partial charge on any atom is -0.504 e. The predicted octanol–water partition coefficient (Wildman–Crippen LogP) is 0.00600. The van der Waals surface area contributed by atoms with Crippen molar-refractivity contribution in [1.29, 1.82) is 0 Å². The molecular weight excluding hydrogens is 224 g/mol. The average molecular weight is 238 g/mol. The molecule has 2 amide bonds. The highest BCUT2D eigenvalue weighted by molar-refractivity contribution is 5.95. The average Bonchev–Trinajstić information content (AvgIpc) is 2.29. The fraction of sp³-hybridized carbons (Fsp3) is 0.273. The first-order valence-corrected chi connectivity index (χ1v) is 4.98. The van der Waals surface area contributed by atoms with E-state index in [-0.39, 0.29) is 30.4 Å². The lowest BCUT2D eigenvalue weighted by Gasteiger charge is -2.07. The van der Waals surface area contributed by atoms with Crippen LogP contribution in [0.2, 0.25) is 0 Å². The Labute approximate surface area is 98.4 Å². The summed E-state index contributed by atoms with van der Waals surface area (Å²) in [5.41, 5.74) is 5.28. The second kappa shape index (κ2) is 5.74. The van der Waals surface area contributed by atoms with E-state index in [2.05, 4.69) is 5.32 Å². The fourth-order valence-corrected chi connectivity index (χ4v) is 1.22. The molecule has 92 valence electrons. The number of rotatable bonds is 5. The maximum Gasteiger partial charge on any atom is 0.251 e. The first-order chi connectivity index (χ1) is 8.04. The molecule has 0 bridgehead atoms. The lowest BCUT2D eigenvalue weighted by atomic mass is 10.2. The lowest BCUT2D eigenvalue weighted by molar-refractivity contribution is -0.117. The van der Waals surface area contributed by atoms with Gasteiger partial charge in [0.05, 0.1) is 7.11 Å². The molecule has 0 saturated heterocycles. The summed E-state index contributed by atoms with van der Waals surface area (Å²) in [7, 11) is 1.39. The highest BCUT2D eigenvalue weighted by Gasteiger charge is 2.09. The Morgan fingerprint density at radius 2 is 2.18 bits per heavy atom. The number of primary amides is 1. The first-order valence-electron chi connectivity index (χ1n) is 4.98. The second-order valence-corrected chi connectivity index (χ2v) is 3.36. The van der Waals surface area contributed by atoms with Gasteiger partial charge in [0.15, 0.2) is 11.5 Å². The molecule has 1 rings (SSSR count). The molecule has 17 heavy (non-hydrogen) atoms. The summed E-state index contributed by atoms with van der Waals surface area (Å²) in [6.07, 6.45) is 0.0843. The van der Waals surface area contributed by atoms with Gasteiger partial charge in [-0.25, -0.2) is 0 Å². The number of phenols is 1. The summed E-state index contributed by atoms with van der Waals surface area (Å²) >= 11 is 0. The highest BCUT2D eigenvalue weighted by Crippen LogP contribution is 2.26. The summed E-state index contributed by atoms with van der Waals surface area (Å²) in [5.74, 6) is -0.660. The van der Waals surface area contributed by atoms with Crippen LogP contribution >= 0.6 is 0 Å². The van der Waals surface area contributed by atoms with Crippen LogP contribution in [0.5, 0.6) is 11.5 Å². The van der Waals surface area contributed by atoms with E-state index in [1.807, 2.05) is 0 Å². The van der Waals surface area contributed by atoms with Gasteiger partial charge >= 0.3 is 0 Å². The van der Waals surface area contributed by atoms with E-state index < -0.39 is 5.91 Å². The highest BCUT2D eigenvalue weighted by atomic mass is 16.5. The molecule has 0 aromatic heterocycles. The van der Waals surface area contributed by atoms with Crippen LogP contribution in [0.4, 0.5) is 0 Å².